The zero-order chi connectivity index (χ0) is 19.2. The average Bonchev–Trinajstić information content (AvgIpc) is 3.20. The van der Waals surface area contributed by atoms with E-state index in [-0.39, 0.29) is 5.91 Å². The molecule has 28 heavy (non-hydrogen) atoms. The molecule has 0 aromatic heterocycles. The number of ether oxygens (including phenoxy) is 3. The quantitative estimate of drug-likeness (QED) is 0.737. The van der Waals surface area contributed by atoms with Crippen LogP contribution < -0.4 is 19.1 Å². The molecule has 0 bridgehead atoms. The van der Waals surface area contributed by atoms with E-state index in [9.17, 15) is 4.79 Å². The molecule has 2 aromatic carbocycles. The van der Waals surface area contributed by atoms with E-state index in [0.29, 0.717) is 19.8 Å². The Morgan fingerprint density at radius 3 is 2.64 bits per heavy atom. The molecule has 1 amide bonds. The molecule has 0 spiro atoms. The number of piperazine rings is 1. The van der Waals surface area contributed by atoms with E-state index in [1.807, 2.05) is 41.3 Å². The third-order valence-corrected chi connectivity index (χ3v) is 5.26. The Kier molecular flexibility index (Phi) is 5.97. The number of benzene rings is 2. The fourth-order valence-electron chi connectivity index (χ4n) is 3.68. The molecule has 0 aliphatic carbocycles. The van der Waals surface area contributed by atoms with Crippen molar-refractivity contribution in [2.45, 2.75) is 19.4 Å². The molecule has 0 atom stereocenters. The van der Waals surface area contributed by atoms with Crippen molar-refractivity contribution in [2.24, 2.45) is 0 Å². The Bertz CT molecular complexity index is 788. The van der Waals surface area contributed by atoms with Gasteiger partial charge in [-0.3, -0.25) is 4.79 Å². The molecule has 1 saturated heterocycles. The van der Waals surface area contributed by atoms with Gasteiger partial charge in [-0.25, -0.2) is 0 Å². The van der Waals surface area contributed by atoms with Crippen LogP contribution in [0.2, 0.25) is 0 Å². The highest BCUT2D eigenvalue weighted by Gasteiger charge is 2.24. The van der Waals surface area contributed by atoms with Crippen molar-refractivity contribution < 1.29 is 23.9 Å². The van der Waals surface area contributed by atoms with Gasteiger partial charge in [0.15, 0.2) is 11.5 Å². The molecule has 0 unspecified atom stereocenters. The van der Waals surface area contributed by atoms with E-state index in [1.165, 1.54) is 10.5 Å². The Morgan fingerprint density at radius 2 is 1.82 bits per heavy atom. The van der Waals surface area contributed by atoms with Crippen molar-refractivity contribution in [3.05, 3.63) is 54.1 Å². The number of para-hydroxylation sites is 1. The maximum atomic E-state index is 12.4. The summed E-state index contributed by atoms with van der Waals surface area (Å²) in [5.74, 6) is 2.75. The van der Waals surface area contributed by atoms with Gasteiger partial charge in [-0.15, -0.1) is 0 Å². The van der Waals surface area contributed by atoms with Crippen LogP contribution in [0.5, 0.6) is 17.2 Å². The summed E-state index contributed by atoms with van der Waals surface area (Å²) in [6.45, 7) is 5.41. The van der Waals surface area contributed by atoms with Crippen molar-refractivity contribution >= 4 is 5.91 Å². The van der Waals surface area contributed by atoms with Crippen molar-refractivity contribution in [3.8, 4) is 17.2 Å². The summed E-state index contributed by atoms with van der Waals surface area (Å²) in [7, 11) is 0. The summed E-state index contributed by atoms with van der Waals surface area (Å²) >= 11 is 0. The summed E-state index contributed by atoms with van der Waals surface area (Å²) in [4.78, 5) is 15.9. The van der Waals surface area contributed by atoms with Crippen LogP contribution in [0.25, 0.3) is 0 Å². The van der Waals surface area contributed by atoms with Gasteiger partial charge in [0, 0.05) is 12.0 Å². The predicted molar refractivity (Wildman–Crippen MR) is 105 cm³/mol. The third-order valence-electron chi connectivity index (χ3n) is 5.26. The number of nitrogens with zero attached hydrogens (tertiary/aromatic N) is 1. The van der Waals surface area contributed by atoms with E-state index in [2.05, 4.69) is 12.1 Å². The van der Waals surface area contributed by atoms with Crippen LogP contribution in [0.3, 0.4) is 0 Å². The maximum absolute atomic E-state index is 12.4. The van der Waals surface area contributed by atoms with E-state index < -0.39 is 0 Å². The largest absolute Gasteiger partial charge is 0.494 e. The van der Waals surface area contributed by atoms with Crippen LogP contribution in [0.15, 0.2) is 48.5 Å². The maximum Gasteiger partial charge on any atom is 0.231 e. The molecule has 2 aliphatic rings. The van der Waals surface area contributed by atoms with E-state index >= 15 is 0 Å². The van der Waals surface area contributed by atoms with Gasteiger partial charge in [0.25, 0.3) is 0 Å². The first-order valence-corrected chi connectivity index (χ1v) is 9.96. The number of hydrogen-bond acceptors (Lipinski definition) is 4. The van der Waals surface area contributed by atoms with Gasteiger partial charge >= 0.3 is 0 Å². The molecule has 6 nitrogen and oxygen atoms in total. The van der Waals surface area contributed by atoms with Crippen LogP contribution in [-0.2, 0) is 11.3 Å². The van der Waals surface area contributed by atoms with Gasteiger partial charge in [0.05, 0.1) is 32.8 Å². The molecule has 148 valence electrons. The molecule has 1 N–H and O–H groups in total. The molecule has 2 aliphatic heterocycles. The van der Waals surface area contributed by atoms with Gasteiger partial charge < -0.3 is 24.0 Å². The number of nitrogens with one attached hydrogen (secondary N) is 1. The van der Waals surface area contributed by atoms with Gasteiger partial charge in [-0.2, -0.15) is 0 Å². The minimum Gasteiger partial charge on any atom is -0.494 e. The number of carbonyl (C=O) groups is 1. The Hall–Kier alpha value is -2.73. The summed E-state index contributed by atoms with van der Waals surface area (Å²) in [5.41, 5.74) is 1.25. The second-order valence-electron chi connectivity index (χ2n) is 7.26. The van der Waals surface area contributed by atoms with Gasteiger partial charge in [-0.1, -0.05) is 18.2 Å². The number of quaternary nitrogens is 1. The lowest BCUT2D eigenvalue weighted by molar-refractivity contribution is -0.917. The SMILES string of the molecule is O=C(CCCOc1ccccc1)N1CC[NH+](Cc2ccc3c(c2)OCO3)CC1. The zero-order valence-electron chi connectivity index (χ0n) is 16.1. The van der Waals surface area contributed by atoms with Crippen molar-refractivity contribution in [3.63, 3.8) is 0 Å². The highest BCUT2D eigenvalue weighted by molar-refractivity contribution is 5.76. The summed E-state index contributed by atoms with van der Waals surface area (Å²) in [6, 6.07) is 15.9. The second kappa shape index (κ2) is 8.97. The molecule has 0 saturated carbocycles. The molecule has 4 rings (SSSR count). The first kappa shape index (κ1) is 18.6. The van der Waals surface area contributed by atoms with Crippen LogP contribution >= 0.6 is 0 Å². The standard InChI is InChI=1S/C22H26N2O4/c25-22(7-4-14-26-19-5-2-1-3-6-19)24-12-10-23(11-13-24)16-18-8-9-20-21(15-18)28-17-27-20/h1-3,5-6,8-9,15H,4,7,10-14,16-17H2/p+1. The minimum atomic E-state index is 0.235. The van der Waals surface area contributed by atoms with Gasteiger partial charge in [0.1, 0.15) is 12.3 Å². The molecule has 2 heterocycles. The summed E-state index contributed by atoms with van der Waals surface area (Å²) in [5, 5.41) is 0. The highest BCUT2D eigenvalue weighted by Crippen LogP contribution is 2.32. The van der Waals surface area contributed by atoms with Crippen molar-refractivity contribution in [1.29, 1.82) is 0 Å². The molecule has 1 fully saturated rings. The molecular weight excluding hydrogens is 356 g/mol. The third kappa shape index (κ3) is 4.75. The molecular formula is C22H27N2O4+. The fourth-order valence-corrected chi connectivity index (χ4v) is 3.68. The number of rotatable bonds is 7. The molecule has 6 heteroatoms. The van der Waals surface area contributed by atoms with Crippen LogP contribution in [0, 0.1) is 0 Å². The zero-order valence-corrected chi connectivity index (χ0v) is 16.1. The lowest BCUT2D eigenvalue weighted by atomic mass is 10.1. The van der Waals surface area contributed by atoms with Crippen molar-refractivity contribution in [1.82, 2.24) is 4.90 Å². The van der Waals surface area contributed by atoms with E-state index in [0.717, 1.165) is 56.4 Å². The van der Waals surface area contributed by atoms with Crippen LogP contribution in [-0.4, -0.2) is 50.4 Å². The number of amides is 1. The monoisotopic (exact) mass is 383 g/mol. The summed E-state index contributed by atoms with van der Waals surface area (Å²) < 4.78 is 16.5. The van der Waals surface area contributed by atoms with E-state index in [1.54, 1.807) is 0 Å². The number of carbonyl (C=O) groups excluding carboxylic acids is 1. The summed E-state index contributed by atoms with van der Waals surface area (Å²) in [6.07, 6.45) is 1.29. The minimum absolute atomic E-state index is 0.235. The predicted octanol–water partition coefficient (Wildman–Crippen LogP) is 1.50. The Morgan fingerprint density at radius 1 is 1.04 bits per heavy atom. The molecule has 2 aromatic rings. The van der Waals surface area contributed by atoms with Crippen molar-refractivity contribution in [2.75, 3.05) is 39.6 Å². The fraction of sp³-hybridized carbons (Fsp3) is 0.409. The van der Waals surface area contributed by atoms with Gasteiger partial charge in [-0.05, 0) is 36.8 Å². The van der Waals surface area contributed by atoms with Crippen LogP contribution in [0.4, 0.5) is 0 Å². The first-order chi connectivity index (χ1) is 13.8. The molecule has 0 radical (unpaired) electrons. The smallest absolute Gasteiger partial charge is 0.231 e. The van der Waals surface area contributed by atoms with Crippen LogP contribution in [0.1, 0.15) is 18.4 Å². The van der Waals surface area contributed by atoms with Gasteiger partial charge in [0.2, 0.25) is 12.7 Å². The topological polar surface area (TPSA) is 52.4 Å². The normalized spacial score (nSPS) is 16.2. The number of hydrogen-bond donors (Lipinski definition) is 1. The lowest BCUT2D eigenvalue weighted by Crippen LogP contribution is -3.13. The number of fused-ring (bicyclic) bond motifs is 1. The average molecular weight is 383 g/mol. The lowest BCUT2D eigenvalue weighted by Gasteiger charge is -2.32. The highest BCUT2D eigenvalue weighted by atomic mass is 16.7. The second-order valence-corrected chi connectivity index (χ2v) is 7.26. The Balaban J connectivity index is 1.16. The van der Waals surface area contributed by atoms with E-state index in [4.69, 9.17) is 14.2 Å². The first-order valence-electron chi connectivity index (χ1n) is 9.96. The Labute approximate surface area is 165 Å².